The molecule has 5 heterocycles. The van der Waals surface area contributed by atoms with Crippen LogP contribution in [0.4, 0.5) is 10.5 Å². The molecule has 0 radical (unpaired) electrons. The Bertz CT molecular complexity index is 3020. The Labute approximate surface area is 559 Å². The number of nitrogens with zero attached hydrogens (tertiary/aromatic N) is 6. The molecule has 0 bridgehead atoms. The third kappa shape index (κ3) is 24.7. The molecule has 1 aromatic carbocycles. The Kier molecular flexibility index (Phi) is 32.3. The van der Waals surface area contributed by atoms with Gasteiger partial charge in [0, 0.05) is 120 Å². The number of benzene rings is 1. The first-order valence-electron chi connectivity index (χ1n) is 33.2. The Morgan fingerprint density at radius 1 is 0.760 bits per heavy atom. The molecular formula is C66H99N9O21. The van der Waals surface area contributed by atoms with E-state index in [2.05, 4.69) is 56.5 Å². The number of anilines is 1. The topological polar surface area (TPSA) is 386 Å². The summed E-state index contributed by atoms with van der Waals surface area (Å²) in [6.45, 7) is 14.5. The fraction of sp³-hybridized carbons (Fsp3) is 0.667. The zero-order valence-electron chi connectivity index (χ0n) is 56.1. The number of aliphatic hydroxyl groups excluding tert-OH is 3. The first kappa shape index (κ1) is 77.7. The van der Waals surface area contributed by atoms with Gasteiger partial charge in [0.05, 0.1) is 71.0 Å². The van der Waals surface area contributed by atoms with Gasteiger partial charge in [0.25, 0.3) is 0 Å². The van der Waals surface area contributed by atoms with Crippen molar-refractivity contribution in [2.24, 2.45) is 11.8 Å². The van der Waals surface area contributed by atoms with Crippen molar-refractivity contribution in [3.8, 4) is 5.75 Å². The number of carbonyl (C=O) groups excluding carboxylic acids is 7. The van der Waals surface area contributed by atoms with Crippen LogP contribution in [-0.4, -0.2) is 262 Å². The first-order chi connectivity index (χ1) is 45.9. The van der Waals surface area contributed by atoms with E-state index in [9.17, 15) is 63.6 Å². The minimum atomic E-state index is -2.04. The highest BCUT2D eigenvalue weighted by Crippen LogP contribution is 2.33. The van der Waals surface area contributed by atoms with Crippen molar-refractivity contribution in [3.63, 3.8) is 0 Å². The number of Topliss-reactive ketones (excluding diaryl/α,β-unsaturated/α-hetero) is 2. The highest BCUT2D eigenvalue weighted by molar-refractivity contribution is 5.98. The predicted octanol–water partition coefficient (Wildman–Crippen LogP) is 2.33. The van der Waals surface area contributed by atoms with Crippen LogP contribution in [0.5, 0.6) is 5.75 Å². The van der Waals surface area contributed by atoms with Crippen LogP contribution in [-0.2, 0) is 86.5 Å². The number of carboxylic acid groups (broad SMARTS) is 2. The number of pyridine rings is 1. The molecule has 6 rings (SSSR count). The van der Waals surface area contributed by atoms with Crippen LogP contribution in [0.15, 0.2) is 42.6 Å². The second-order valence-electron chi connectivity index (χ2n) is 24.8. The zero-order valence-corrected chi connectivity index (χ0v) is 56.1. The summed E-state index contributed by atoms with van der Waals surface area (Å²) in [4.78, 5) is 127. The van der Waals surface area contributed by atoms with E-state index < -0.39 is 78.3 Å². The summed E-state index contributed by atoms with van der Waals surface area (Å²) in [7, 11) is 2.07. The number of aromatic nitrogens is 2. The summed E-state index contributed by atoms with van der Waals surface area (Å²) in [6.07, 6.45) is -6.56. The van der Waals surface area contributed by atoms with Gasteiger partial charge in [-0.3, -0.25) is 28.8 Å². The molecule has 3 saturated heterocycles. The molecule has 8 N–H and O–H groups in total. The molecule has 96 heavy (non-hydrogen) atoms. The summed E-state index contributed by atoms with van der Waals surface area (Å²) in [5.74, 6) is -6.07. The number of nitrogens with one attached hydrogen (secondary N) is 3. The van der Waals surface area contributed by atoms with Crippen molar-refractivity contribution in [2.75, 3.05) is 111 Å². The van der Waals surface area contributed by atoms with Crippen LogP contribution >= 0.6 is 0 Å². The molecule has 30 nitrogen and oxygen atoms in total. The lowest BCUT2D eigenvalue weighted by Gasteiger charge is -2.38. The number of rotatable bonds is 41. The second-order valence-corrected chi connectivity index (χ2v) is 24.8. The number of hydrogen-bond acceptors (Lipinski definition) is 22. The average molecular weight is 1350 g/mol. The van der Waals surface area contributed by atoms with E-state index in [1.807, 2.05) is 11.0 Å². The molecule has 3 fully saturated rings. The van der Waals surface area contributed by atoms with Gasteiger partial charge in [0.1, 0.15) is 42.1 Å². The molecule has 7 atom stereocenters. The number of amides is 5. The number of fused-ring (bicyclic) bond motifs is 1. The van der Waals surface area contributed by atoms with E-state index in [0.717, 1.165) is 42.7 Å². The van der Waals surface area contributed by atoms with Crippen LogP contribution in [0.3, 0.4) is 0 Å². The molecule has 3 aliphatic heterocycles. The Balaban J connectivity index is 0.920. The van der Waals surface area contributed by atoms with Gasteiger partial charge in [0.15, 0.2) is 11.9 Å². The van der Waals surface area contributed by atoms with Crippen LogP contribution in [0.25, 0.3) is 11.0 Å². The van der Waals surface area contributed by atoms with Crippen LogP contribution in [0.2, 0.25) is 0 Å². The smallest absolute Gasteiger partial charge is 0.410 e. The number of carboxylic acids is 2. The third-order valence-electron chi connectivity index (χ3n) is 17.1. The molecule has 0 saturated carbocycles. The van der Waals surface area contributed by atoms with Crippen molar-refractivity contribution in [1.82, 2.24) is 39.8 Å². The van der Waals surface area contributed by atoms with E-state index in [4.69, 9.17) is 38.3 Å². The van der Waals surface area contributed by atoms with Gasteiger partial charge in [-0.25, -0.2) is 14.6 Å². The molecule has 3 aromatic rings. The Morgan fingerprint density at radius 3 is 2.08 bits per heavy atom. The van der Waals surface area contributed by atoms with Gasteiger partial charge in [-0.1, -0.05) is 33.8 Å². The number of carbonyl (C=O) groups is 9. The monoisotopic (exact) mass is 1350 g/mol. The summed E-state index contributed by atoms with van der Waals surface area (Å²) < 4.78 is 41.4. The molecule has 3 aliphatic rings. The highest BCUT2D eigenvalue weighted by atomic mass is 16.7. The van der Waals surface area contributed by atoms with Gasteiger partial charge >= 0.3 is 18.0 Å². The van der Waals surface area contributed by atoms with Crippen LogP contribution in [0, 0.1) is 11.8 Å². The first-order valence-corrected chi connectivity index (χ1v) is 33.2. The van der Waals surface area contributed by atoms with Crippen molar-refractivity contribution in [2.45, 2.75) is 167 Å². The normalized spacial score (nSPS) is 19.3. The fourth-order valence-electron chi connectivity index (χ4n) is 11.4. The van der Waals surface area contributed by atoms with E-state index in [0.29, 0.717) is 58.7 Å². The lowest BCUT2D eigenvalue weighted by atomic mass is 9.92. The number of aliphatic carboxylic acids is 2. The van der Waals surface area contributed by atoms with Crippen molar-refractivity contribution >= 4 is 69.9 Å². The summed E-state index contributed by atoms with van der Waals surface area (Å²) >= 11 is 0. The molecule has 0 spiro atoms. The summed E-state index contributed by atoms with van der Waals surface area (Å²) in [5.41, 5.74) is 2.25. The summed E-state index contributed by atoms with van der Waals surface area (Å²) in [5, 5.41) is 60.3. The van der Waals surface area contributed by atoms with Crippen LogP contribution < -0.4 is 20.7 Å². The average Bonchev–Trinajstić information content (AvgIpc) is 1.38. The van der Waals surface area contributed by atoms with Crippen molar-refractivity contribution < 1.29 is 102 Å². The van der Waals surface area contributed by atoms with Gasteiger partial charge < -0.3 is 104 Å². The number of likely N-dealkylation sites (tertiary alicyclic amines) is 2. The molecule has 30 heteroatoms. The molecule has 0 aliphatic carbocycles. The standard InChI is InChI=1S/C66H99N9O21/c1-7-71(6)40-49-39-46-9-8-21-68-62(46)75(49)27-18-54(79)72-23-14-47(15-24-72)67-22-31-92-35-33-90-29-19-53(78)70-57(42(2)3)51(77)37-43(4)63(86)69-50-12-11-45(38-52(50)95-65-60(85)58(83)59(84)61(96-65)64(87)88)41-94-66(89)73-25-16-48(17-26-73)74(55(80)13-10-44(5)76)28-32-93-36-34-91-30-20-56(81)82/h8-9,11-12,21,38-39,42-43,47-48,57-61,65,67,83-85H,7,10,13-20,22-37,40-41H2,1-6H3,(H,69,86)(H,70,78)(H,81,82)(H,87,88)/t43-,57+,58+,59+,60-,61+,65-/m1/s1. The van der Waals surface area contributed by atoms with Crippen molar-refractivity contribution in [1.29, 1.82) is 0 Å². The van der Waals surface area contributed by atoms with Gasteiger partial charge in [-0.2, -0.15) is 0 Å². The maximum absolute atomic E-state index is 13.9. The van der Waals surface area contributed by atoms with Gasteiger partial charge in [-0.15, -0.1) is 0 Å². The zero-order chi connectivity index (χ0) is 69.8. The molecule has 2 aromatic heterocycles. The number of ketones is 2. The maximum atomic E-state index is 13.9. The third-order valence-corrected chi connectivity index (χ3v) is 17.1. The van der Waals surface area contributed by atoms with Gasteiger partial charge in [0.2, 0.25) is 29.9 Å². The highest BCUT2D eigenvalue weighted by Gasteiger charge is 2.48. The molecule has 5 amide bonds. The van der Waals surface area contributed by atoms with E-state index in [-0.39, 0.29) is 151 Å². The number of aliphatic hydroxyl groups is 3. The molecule has 534 valence electrons. The van der Waals surface area contributed by atoms with Gasteiger partial charge in [-0.05, 0) is 88.0 Å². The van der Waals surface area contributed by atoms with E-state index in [1.54, 1.807) is 24.9 Å². The number of piperidine rings is 2. The minimum Gasteiger partial charge on any atom is -0.481 e. The largest absolute Gasteiger partial charge is 0.481 e. The predicted molar refractivity (Wildman–Crippen MR) is 346 cm³/mol. The lowest BCUT2D eigenvalue weighted by Crippen LogP contribution is -2.61. The second kappa shape index (κ2) is 39.8. The van der Waals surface area contributed by atoms with Crippen LogP contribution in [0.1, 0.15) is 110 Å². The SMILES string of the molecule is CCN(C)Cc1cc2cccnc2n1CCC(=O)N1CCC(NCCOCCOCCC(=O)N[C@H](C(=O)C[C@@H](C)C(=O)Nc2ccc(COC(=O)N3CCC(N(CCOCCOCCC(=O)O)C(=O)CCC(C)=O)CC3)cc2O[C@@H]2O[C@H](C(=O)O)[C@@H](O)[C@H](O)[C@H]2O)C(C)C)CC1. The summed E-state index contributed by atoms with van der Waals surface area (Å²) in [6, 6.07) is 9.31. The maximum Gasteiger partial charge on any atom is 0.410 e. The fourth-order valence-corrected chi connectivity index (χ4v) is 11.4. The van der Waals surface area contributed by atoms with Crippen molar-refractivity contribution in [3.05, 3.63) is 53.9 Å². The Morgan fingerprint density at radius 2 is 1.43 bits per heavy atom. The quantitative estimate of drug-likeness (QED) is 0.0378. The number of ether oxygens (including phenoxy) is 7. The van der Waals surface area contributed by atoms with E-state index in [1.165, 1.54) is 36.9 Å². The lowest BCUT2D eigenvalue weighted by molar-refractivity contribution is -0.271. The van der Waals surface area contributed by atoms with E-state index >= 15 is 0 Å². The Hall–Kier alpha value is -7.26. The molecule has 0 unspecified atom stereocenters. The number of aryl methyl sites for hydroxylation is 1. The minimum absolute atomic E-state index is 0.00387. The number of hydrogen-bond donors (Lipinski definition) is 8. The molecular weight excluding hydrogens is 1250 g/mol.